The lowest BCUT2D eigenvalue weighted by atomic mass is 9.93. The van der Waals surface area contributed by atoms with E-state index in [9.17, 15) is 5.11 Å². The van der Waals surface area contributed by atoms with E-state index in [1.54, 1.807) is 0 Å². The first-order chi connectivity index (χ1) is 7.60. The van der Waals surface area contributed by atoms with Gasteiger partial charge in [-0.2, -0.15) is 0 Å². The van der Waals surface area contributed by atoms with Crippen LogP contribution in [-0.4, -0.2) is 30.7 Å². The molecule has 0 amide bonds. The molecule has 1 aromatic carbocycles. The molecule has 0 spiro atoms. The monoisotopic (exact) mass is 221 g/mol. The summed E-state index contributed by atoms with van der Waals surface area (Å²) in [7, 11) is 4.12. The minimum absolute atomic E-state index is 0.221. The summed E-state index contributed by atoms with van der Waals surface area (Å²) in [5.41, 5.74) is 2.64. The van der Waals surface area contributed by atoms with E-state index in [1.807, 2.05) is 0 Å². The molecule has 0 saturated heterocycles. The van der Waals surface area contributed by atoms with Crippen LogP contribution in [0.4, 0.5) is 0 Å². The topological polar surface area (TPSA) is 23.5 Å². The van der Waals surface area contributed by atoms with Gasteiger partial charge in [0.1, 0.15) is 0 Å². The summed E-state index contributed by atoms with van der Waals surface area (Å²) in [6.45, 7) is 4.46. The molecule has 1 rings (SSSR count). The van der Waals surface area contributed by atoms with Crippen LogP contribution in [0.3, 0.4) is 0 Å². The Bertz CT molecular complexity index is 305. The van der Waals surface area contributed by atoms with Crippen molar-refractivity contribution in [3.05, 3.63) is 35.4 Å². The summed E-state index contributed by atoms with van der Waals surface area (Å²) in [4.78, 5) is 2.17. The van der Waals surface area contributed by atoms with E-state index in [-0.39, 0.29) is 18.6 Å². The predicted octanol–water partition coefficient (Wildman–Crippen LogP) is 2.48. The van der Waals surface area contributed by atoms with E-state index in [4.69, 9.17) is 0 Å². The lowest BCUT2D eigenvalue weighted by molar-refractivity contribution is 0.146. The fourth-order valence-corrected chi connectivity index (χ4v) is 2.19. The number of nitrogens with zero attached hydrogens (tertiary/aromatic N) is 1. The van der Waals surface area contributed by atoms with Crippen LogP contribution in [0, 0.1) is 5.92 Å². The van der Waals surface area contributed by atoms with Crippen LogP contribution in [0.15, 0.2) is 24.3 Å². The quantitative estimate of drug-likeness (QED) is 0.825. The second kappa shape index (κ2) is 6.02. The Morgan fingerprint density at radius 3 is 2.12 bits per heavy atom. The van der Waals surface area contributed by atoms with Crippen LogP contribution in [0.5, 0.6) is 0 Å². The van der Waals surface area contributed by atoms with Crippen LogP contribution in [0.25, 0.3) is 0 Å². The molecular formula is C14H23NO. The van der Waals surface area contributed by atoms with Crippen molar-refractivity contribution in [3.63, 3.8) is 0 Å². The number of hydrogen-bond acceptors (Lipinski definition) is 2. The van der Waals surface area contributed by atoms with Gasteiger partial charge in [0, 0.05) is 12.6 Å². The molecule has 16 heavy (non-hydrogen) atoms. The van der Waals surface area contributed by atoms with Gasteiger partial charge in [0.25, 0.3) is 0 Å². The van der Waals surface area contributed by atoms with Gasteiger partial charge in [-0.1, -0.05) is 38.1 Å². The molecule has 0 aromatic heterocycles. The Morgan fingerprint density at radius 2 is 1.75 bits per heavy atom. The van der Waals surface area contributed by atoms with Crippen molar-refractivity contribution in [1.82, 2.24) is 4.90 Å². The molecular weight excluding hydrogens is 198 g/mol. The molecule has 2 nitrogen and oxygen atoms in total. The summed E-state index contributed by atoms with van der Waals surface area (Å²) < 4.78 is 0. The van der Waals surface area contributed by atoms with Gasteiger partial charge in [-0.05, 0) is 37.6 Å². The third-order valence-corrected chi connectivity index (χ3v) is 3.11. The Hall–Kier alpha value is -0.860. The summed E-state index contributed by atoms with van der Waals surface area (Å²) >= 11 is 0. The van der Waals surface area contributed by atoms with Crippen LogP contribution in [0.1, 0.15) is 31.0 Å². The minimum atomic E-state index is 0.221. The molecule has 0 saturated carbocycles. The van der Waals surface area contributed by atoms with Crippen molar-refractivity contribution >= 4 is 0 Å². The van der Waals surface area contributed by atoms with Crippen LogP contribution >= 0.6 is 0 Å². The molecule has 0 bridgehead atoms. The zero-order valence-electron chi connectivity index (χ0n) is 10.8. The molecule has 1 N–H and O–H groups in total. The van der Waals surface area contributed by atoms with Gasteiger partial charge in [0.15, 0.2) is 0 Å². The standard InChI is InChI=1S/C14H23NO/c1-5-12-6-8-13(9-7-12)14(15(3)4)11(2)10-16/h6-9,11,14,16H,5,10H2,1-4H3. The van der Waals surface area contributed by atoms with Gasteiger partial charge < -0.3 is 10.0 Å². The molecule has 0 aliphatic rings. The Labute approximate surface area is 98.9 Å². The lowest BCUT2D eigenvalue weighted by Crippen LogP contribution is -2.27. The summed E-state index contributed by atoms with van der Waals surface area (Å²) in [6, 6.07) is 8.99. The molecule has 2 atom stereocenters. The first-order valence-corrected chi connectivity index (χ1v) is 5.96. The second-order valence-electron chi connectivity index (χ2n) is 4.66. The highest BCUT2D eigenvalue weighted by atomic mass is 16.3. The van der Waals surface area contributed by atoms with Gasteiger partial charge >= 0.3 is 0 Å². The number of aliphatic hydroxyl groups is 1. The molecule has 0 heterocycles. The number of rotatable bonds is 5. The molecule has 2 unspecified atom stereocenters. The van der Waals surface area contributed by atoms with Crippen molar-refractivity contribution in [3.8, 4) is 0 Å². The van der Waals surface area contributed by atoms with E-state index in [1.165, 1.54) is 11.1 Å². The molecule has 0 aliphatic carbocycles. The van der Waals surface area contributed by atoms with Crippen LogP contribution < -0.4 is 0 Å². The van der Waals surface area contributed by atoms with E-state index >= 15 is 0 Å². The SMILES string of the molecule is CCc1ccc(C(C(C)CO)N(C)C)cc1. The third kappa shape index (κ3) is 3.06. The van der Waals surface area contributed by atoms with Crippen LogP contribution in [0.2, 0.25) is 0 Å². The van der Waals surface area contributed by atoms with Gasteiger partial charge in [0.2, 0.25) is 0 Å². The zero-order chi connectivity index (χ0) is 12.1. The molecule has 0 aliphatic heterocycles. The van der Waals surface area contributed by atoms with Crippen molar-refractivity contribution in [2.24, 2.45) is 5.92 Å². The Morgan fingerprint density at radius 1 is 1.19 bits per heavy atom. The maximum atomic E-state index is 9.29. The second-order valence-corrected chi connectivity index (χ2v) is 4.66. The minimum Gasteiger partial charge on any atom is -0.396 e. The number of benzene rings is 1. The fraction of sp³-hybridized carbons (Fsp3) is 0.571. The Balaban J connectivity index is 2.92. The number of aryl methyl sites for hydroxylation is 1. The highest BCUT2D eigenvalue weighted by Crippen LogP contribution is 2.26. The number of aliphatic hydroxyl groups excluding tert-OH is 1. The summed E-state index contributed by atoms with van der Waals surface area (Å²) in [5.74, 6) is 0.252. The van der Waals surface area contributed by atoms with Crippen molar-refractivity contribution in [2.75, 3.05) is 20.7 Å². The maximum absolute atomic E-state index is 9.29. The average Bonchev–Trinajstić information content (AvgIpc) is 2.29. The predicted molar refractivity (Wildman–Crippen MR) is 68.5 cm³/mol. The number of hydrogen-bond donors (Lipinski definition) is 1. The maximum Gasteiger partial charge on any atom is 0.0474 e. The first kappa shape index (κ1) is 13.2. The molecule has 2 heteroatoms. The highest BCUT2D eigenvalue weighted by molar-refractivity contribution is 5.25. The first-order valence-electron chi connectivity index (χ1n) is 5.96. The van der Waals surface area contributed by atoms with Gasteiger partial charge in [-0.3, -0.25) is 0 Å². The molecule has 0 fully saturated rings. The van der Waals surface area contributed by atoms with Crippen molar-refractivity contribution in [2.45, 2.75) is 26.3 Å². The van der Waals surface area contributed by atoms with Crippen molar-refractivity contribution in [1.29, 1.82) is 0 Å². The smallest absolute Gasteiger partial charge is 0.0474 e. The highest BCUT2D eigenvalue weighted by Gasteiger charge is 2.20. The van der Waals surface area contributed by atoms with Crippen LogP contribution in [-0.2, 0) is 6.42 Å². The van der Waals surface area contributed by atoms with E-state index in [2.05, 4.69) is 57.1 Å². The normalized spacial score (nSPS) is 15.1. The molecule has 0 radical (unpaired) electrons. The van der Waals surface area contributed by atoms with Crippen molar-refractivity contribution < 1.29 is 5.11 Å². The van der Waals surface area contributed by atoms with E-state index < -0.39 is 0 Å². The van der Waals surface area contributed by atoms with Gasteiger partial charge in [-0.15, -0.1) is 0 Å². The van der Waals surface area contributed by atoms with Gasteiger partial charge in [-0.25, -0.2) is 0 Å². The lowest BCUT2D eigenvalue weighted by Gasteiger charge is -2.29. The average molecular weight is 221 g/mol. The molecule has 90 valence electrons. The third-order valence-electron chi connectivity index (χ3n) is 3.11. The van der Waals surface area contributed by atoms with E-state index in [0.717, 1.165) is 6.42 Å². The summed E-state index contributed by atoms with van der Waals surface area (Å²) in [5, 5.41) is 9.29. The Kier molecular flexibility index (Phi) is 4.97. The largest absolute Gasteiger partial charge is 0.396 e. The van der Waals surface area contributed by atoms with E-state index in [0.29, 0.717) is 0 Å². The van der Waals surface area contributed by atoms with Gasteiger partial charge in [0.05, 0.1) is 0 Å². The molecule has 1 aromatic rings. The zero-order valence-corrected chi connectivity index (χ0v) is 10.8. The fourth-order valence-electron chi connectivity index (χ4n) is 2.19. The summed E-state index contributed by atoms with van der Waals surface area (Å²) in [6.07, 6.45) is 1.07.